The first-order valence-electron chi connectivity index (χ1n) is 5.43. The number of aliphatic hydroxyl groups is 3. The molecule has 4 atom stereocenters. The molecule has 8 nitrogen and oxygen atoms in total. The molecule has 2 rings (SSSR count). The monoisotopic (exact) mass is 257 g/mol. The Kier molecular flexibility index (Phi) is 3.35. The molecule has 100 valence electrons. The van der Waals surface area contributed by atoms with Gasteiger partial charge in [0, 0.05) is 11.8 Å². The smallest absolute Gasteiger partial charge is 0.351 e. The van der Waals surface area contributed by atoms with Crippen LogP contribution in [0.4, 0.5) is 5.82 Å². The molecule has 0 bridgehead atoms. The predicted octanol–water partition coefficient (Wildman–Crippen LogP) is -2.25. The van der Waals surface area contributed by atoms with E-state index in [4.69, 9.17) is 15.6 Å². The summed E-state index contributed by atoms with van der Waals surface area (Å²) in [4.78, 5) is 15.2. The average molecular weight is 257 g/mol. The molecule has 0 aliphatic carbocycles. The Balaban J connectivity index is 2.39. The molecule has 18 heavy (non-hydrogen) atoms. The molecule has 0 saturated carbocycles. The Labute approximate surface area is 102 Å². The summed E-state index contributed by atoms with van der Waals surface area (Å²) in [5, 5.41) is 28.4. The molecule has 2 heterocycles. The van der Waals surface area contributed by atoms with Crippen LogP contribution in [0, 0.1) is 6.92 Å². The molecular formula is C10H15N3O5. The van der Waals surface area contributed by atoms with Crippen molar-refractivity contribution in [1.29, 1.82) is 0 Å². The summed E-state index contributed by atoms with van der Waals surface area (Å²) < 4.78 is 6.28. The van der Waals surface area contributed by atoms with E-state index in [-0.39, 0.29) is 5.82 Å². The number of hydrogen-bond donors (Lipinski definition) is 4. The lowest BCUT2D eigenvalue weighted by Gasteiger charge is -2.17. The van der Waals surface area contributed by atoms with E-state index in [1.807, 2.05) is 0 Å². The topological polar surface area (TPSA) is 131 Å². The van der Waals surface area contributed by atoms with Crippen molar-refractivity contribution in [2.75, 3.05) is 12.3 Å². The van der Waals surface area contributed by atoms with Crippen molar-refractivity contribution in [3.05, 3.63) is 22.2 Å². The highest BCUT2D eigenvalue weighted by Gasteiger charge is 2.43. The fraction of sp³-hybridized carbons (Fsp3) is 0.600. The maximum atomic E-state index is 11.7. The molecule has 0 radical (unpaired) electrons. The first-order chi connectivity index (χ1) is 8.45. The van der Waals surface area contributed by atoms with Gasteiger partial charge in [0.15, 0.2) is 6.23 Å². The number of rotatable bonds is 2. The number of nitrogens with zero attached hydrogens (tertiary/aromatic N) is 2. The Morgan fingerprint density at radius 3 is 2.72 bits per heavy atom. The van der Waals surface area contributed by atoms with Gasteiger partial charge >= 0.3 is 5.69 Å². The zero-order valence-corrected chi connectivity index (χ0v) is 9.72. The third-order valence-electron chi connectivity index (χ3n) is 2.97. The molecular weight excluding hydrogens is 242 g/mol. The van der Waals surface area contributed by atoms with Gasteiger partial charge < -0.3 is 25.8 Å². The zero-order chi connectivity index (χ0) is 13.4. The highest BCUT2D eigenvalue weighted by molar-refractivity contribution is 5.35. The maximum absolute atomic E-state index is 11.7. The standard InChI is InChI=1S/C10H15N3O5/c1-4-2-13(10(17)12-8(4)11)9-7(16)6(15)5(3-14)18-9/h2,5-7,9,14-16H,3H2,1H3,(H2,11,12,17)/t5-,6-,7?,9-/m1/s1. The van der Waals surface area contributed by atoms with Crippen LogP contribution in [0.3, 0.4) is 0 Å². The number of anilines is 1. The molecule has 1 aromatic rings. The van der Waals surface area contributed by atoms with E-state index in [1.165, 1.54) is 6.20 Å². The molecule has 1 aliphatic heterocycles. The molecule has 1 fully saturated rings. The summed E-state index contributed by atoms with van der Waals surface area (Å²) in [6.45, 7) is 1.20. The van der Waals surface area contributed by atoms with Crippen molar-refractivity contribution >= 4 is 5.82 Å². The summed E-state index contributed by atoms with van der Waals surface area (Å²) in [5.41, 5.74) is 5.35. The molecule has 0 amide bonds. The van der Waals surface area contributed by atoms with Gasteiger partial charge in [0.05, 0.1) is 6.61 Å². The number of aliphatic hydroxyl groups excluding tert-OH is 3. The number of aryl methyl sites for hydroxylation is 1. The molecule has 1 aliphatic rings. The summed E-state index contributed by atoms with van der Waals surface area (Å²) in [6.07, 6.45) is -3.20. The molecule has 1 aromatic heterocycles. The fourth-order valence-corrected chi connectivity index (χ4v) is 1.87. The predicted molar refractivity (Wildman–Crippen MR) is 60.7 cm³/mol. The van der Waals surface area contributed by atoms with E-state index in [0.717, 1.165) is 4.57 Å². The molecule has 5 N–H and O–H groups in total. The SMILES string of the molecule is Cc1cn([C@@H]2O[C@H](CO)[C@@H](O)C2O)c(=O)nc1N. The van der Waals surface area contributed by atoms with Crippen LogP contribution in [-0.4, -0.2) is 49.8 Å². The number of ether oxygens (including phenoxy) is 1. The highest BCUT2D eigenvalue weighted by atomic mass is 16.6. The molecule has 1 unspecified atom stereocenters. The van der Waals surface area contributed by atoms with Crippen LogP contribution in [0.5, 0.6) is 0 Å². The number of aromatic nitrogens is 2. The zero-order valence-electron chi connectivity index (χ0n) is 9.72. The van der Waals surface area contributed by atoms with Gasteiger partial charge in [-0.25, -0.2) is 4.79 Å². The van der Waals surface area contributed by atoms with E-state index in [2.05, 4.69) is 4.98 Å². The minimum Gasteiger partial charge on any atom is -0.394 e. The molecule has 0 spiro atoms. The second-order valence-electron chi connectivity index (χ2n) is 4.23. The number of hydrogen-bond acceptors (Lipinski definition) is 7. The van der Waals surface area contributed by atoms with Crippen LogP contribution in [-0.2, 0) is 4.74 Å². The Morgan fingerprint density at radius 2 is 2.17 bits per heavy atom. The summed E-state index contributed by atoms with van der Waals surface area (Å²) >= 11 is 0. The van der Waals surface area contributed by atoms with E-state index in [9.17, 15) is 15.0 Å². The van der Waals surface area contributed by atoms with Gasteiger partial charge in [0.25, 0.3) is 0 Å². The van der Waals surface area contributed by atoms with Crippen LogP contribution < -0.4 is 11.4 Å². The Bertz CT molecular complexity index is 503. The number of nitrogen functional groups attached to an aromatic ring is 1. The van der Waals surface area contributed by atoms with Crippen molar-refractivity contribution in [3.8, 4) is 0 Å². The van der Waals surface area contributed by atoms with Crippen molar-refractivity contribution in [2.24, 2.45) is 0 Å². The van der Waals surface area contributed by atoms with Gasteiger partial charge in [-0.05, 0) is 6.92 Å². The minimum absolute atomic E-state index is 0.1000. The minimum atomic E-state index is -1.32. The van der Waals surface area contributed by atoms with E-state index >= 15 is 0 Å². The Morgan fingerprint density at radius 1 is 1.50 bits per heavy atom. The van der Waals surface area contributed by atoms with Gasteiger partial charge in [-0.15, -0.1) is 0 Å². The fourth-order valence-electron chi connectivity index (χ4n) is 1.87. The first-order valence-corrected chi connectivity index (χ1v) is 5.43. The summed E-state index contributed by atoms with van der Waals surface area (Å²) in [7, 11) is 0. The normalized spacial score (nSPS) is 31.8. The number of nitrogens with two attached hydrogens (primary N) is 1. The van der Waals surface area contributed by atoms with Crippen LogP contribution in [0.25, 0.3) is 0 Å². The molecule has 0 aromatic carbocycles. The van der Waals surface area contributed by atoms with Crippen LogP contribution in [0.1, 0.15) is 11.8 Å². The lowest BCUT2D eigenvalue weighted by atomic mass is 10.1. The van der Waals surface area contributed by atoms with Crippen molar-refractivity contribution < 1.29 is 20.1 Å². The molecule has 1 saturated heterocycles. The van der Waals surface area contributed by atoms with Crippen molar-refractivity contribution in [1.82, 2.24) is 9.55 Å². The lowest BCUT2D eigenvalue weighted by molar-refractivity contribution is -0.0550. The van der Waals surface area contributed by atoms with Crippen LogP contribution in [0.15, 0.2) is 11.0 Å². The van der Waals surface area contributed by atoms with Crippen molar-refractivity contribution in [3.63, 3.8) is 0 Å². The van der Waals surface area contributed by atoms with E-state index in [1.54, 1.807) is 6.92 Å². The Hall–Kier alpha value is -1.48. The maximum Gasteiger partial charge on any atom is 0.351 e. The largest absolute Gasteiger partial charge is 0.394 e. The van der Waals surface area contributed by atoms with Gasteiger partial charge in [-0.1, -0.05) is 0 Å². The van der Waals surface area contributed by atoms with Gasteiger partial charge in [-0.2, -0.15) is 4.98 Å². The third kappa shape index (κ3) is 1.99. The quantitative estimate of drug-likeness (QED) is 0.470. The summed E-state index contributed by atoms with van der Waals surface area (Å²) in [6, 6.07) is 0. The van der Waals surface area contributed by atoms with Gasteiger partial charge in [0.2, 0.25) is 0 Å². The van der Waals surface area contributed by atoms with Crippen LogP contribution >= 0.6 is 0 Å². The second kappa shape index (κ2) is 4.65. The lowest BCUT2D eigenvalue weighted by Crippen LogP contribution is -2.36. The van der Waals surface area contributed by atoms with Crippen LogP contribution in [0.2, 0.25) is 0 Å². The van der Waals surface area contributed by atoms with Gasteiger partial charge in [0.1, 0.15) is 24.1 Å². The molecule has 8 heteroatoms. The van der Waals surface area contributed by atoms with E-state index < -0.39 is 36.8 Å². The highest BCUT2D eigenvalue weighted by Crippen LogP contribution is 2.28. The average Bonchev–Trinajstić information content (AvgIpc) is 2.61. The van der Waals surface area contributed by atoms with Gasteiger partial charge in [-0.3, -0.25) is 4.57 Å². The summed E-state index contributed by atoms with van der Waals surface area (Å²) in [5.74, 6) is 0.1000. The third-order valence-corrected chi connectivity index (χ3v) is 2.97. The van der Waals surface area contributed by atoms with E-state index in [0.29, 0.717) is 5.56 Å². The van der Waals surface area contributed by atoms with Crippen molar-refractivity contribution in [2.45, 2.75) is 31.5 Å². The first kappa shape index (κ1) is 13.0. The second-order valence-corrected chi connectivity index (χ2v) is 4.23.